The van der Waals surface area contributed by atoms with Crippen LogP contribution in [0.25, 0.3) is 17.1 Å². The standard InChI is InChI=1S/C22H20N4S/c1-16-8-6-7-11-20(16)26-21(19-12-14-23-15-13-19)24-25-22(26)27-17(2)18-9-4-3-5-10-18/h3-15,17H,1-2H3/t17-/m0/s1. The summed E-state index contributed by atoms with van der Waals surface area (Å²) in [4.78, 5) is 4.12. The van der Waals surface area contributed by atoms with Crippen molar-refractivity contribution in [3.63, 3.8) is 0 Å². The Hall–Kier alpha value is -2.92. The molecule has 4 aromatic rings. The van der Waals surface area contributed by atoms with E-state index in [-0.39, 0.29) is 5.25 Å². The lowest BCUT2D eigenvalue weighted by Crippen LogP contribution is -2.02. The molecule has 27 heavy (non-hydrogen) atoms. The second-order valence-electron chi connectivity index (χ2n) is 6.33. The number of hydrogen-bond acceptors (Lipinski definition) is 4. The van der Waals surface area contributed by atoms with Crippen LogP contribution in [0, 0.1) is 6.92 Å². The highest BCUT2D eigenvalue weighted by Crippen LogP contribution is 2.37. The minimum Gasteiger partial charge on any atom is -0.270 e. The number of rotatable bonds is 5. The van der Waals surface area contributed by atoms with Crippen molar-refractivity contribution in [2.45, 2.75) is 24.3 Å². The van der Waals surface area contributed by atoms with E-state index >= 15 is 0 Å². The first-order chi connectivity index (χ1) is 13.2. The molecular formula is C22H20N4S. The third-order valence-corrected chi connectivity index (χ3v) is 5.58. The summed E-state index contributed by atoms with van der Waals surface area (Å²) >= 11 is 1.72. The summed E-state index contributed by atoms with van der Waals surface area (Å²) in [5, 5.41) is 10.2. The van der Waals surface area contributed by atoms with Gasteiger partial charge in [-0.2, -0.15) is 0 Å². The first kappa shape index (κ1) is 17.5. The molecule has 4 rings (SSSR count). The predicted octanol–water partition coefficient (Wildman–Crippen LogP) is 5.49. The maximum absolute atomic E-state index is 4.53. The van der Waals surface area contributed by atoms with Crippen LogP contribution >= 0.6 is 11.8 Å². The zero-order valence-corrected chi connectivity index (χ0v) is 16.1. The summed E-state index contributed by atoms with van der Waals surface area (Å²) in [6.45, 7) is 4.31. The van der Waals surface area contributed by atoms with E-state index in [1.165, 1.54) is 11.1 Å². The Kier molecular flexibility index (Phi) is 5.03. The topological polar surface area (TPSA) is 43.6 Å². The fraction of sp³-hybridized carbons (Fsp3) is 0.136. The van der Waals surface area contributed by atoms with E-state index in [0.29, 0.717) is 0 Å². The normalized spacial score (nSPS) is 12.1. The Balaban J connectivity index is 1.81. The van der Waals surface area contributed by atoms with Crippen LogP contribution in [-0.4, -0.2) is 19.7 Å². The molecule has 0 saturated heterocycles. The molecule has 5 heteroatoms. The molecule has 0 fully saturated rings. The second kappa shape index (κ2) is 7.76. The minimum atomic E-state index is 0.267. The van der Waals surface area contributed by atoms with E-state index < -0.39 is 0 Å². The smallest absolute Gasteiger partial charge is 0.196 e. The number of benzene rings is 2. The molecule has 0 aliphatic carbocycles. The van der Waals surface area contributed by atoms with Gasteiger partial charge < -0.3 is 0 Å². The predicted molar refractivity (Wildman–Crippen MR) is 110 cm³/mol. The Labute approximate surface area is 163 Å². The van der Waals surface area contributed by atoms with E-state index in [1.807, 2.05) is 24.3 Å². The van der Waals surface area contributed by atoms with Crippen LogP contribution in [0.3, 0.4) is 0 Å². The fourth-order valence-corrected chi connectivity index (χ4v) is 4.00. The van der Waals surface area contributed by atoms with Gasteiger partial charge >= 0.3 is 0 Å². The van der Waals surface area contributed by atoms with Gasteiger partial charge in [0.25, 0.3) is 0 Å². The average molecular weight is 372 g/mol. The van der Waals surface area contributed by atoms with Gasteiger partial charge in [-0.25, -0.2) is 0 Å². The fourth-order valence-electron chi connectivity index (χ4n) is 3.02. The highest BCUT2D eigenvalue weighted by molar-refractivity contribution is 7.99. The summed E-state index contributed by atoms with van der Waals surface area (Å²) < 4.78 is 2.15. The maximum atomic E-state index is 4.53. The van der Waals surface area contributed by atoms with Gasteiger partial charge in [0.05, 0.1) is 5.69 Å². The zero-order chi connectivity index (χ0) is 18.6. The molecule has 0 saturated carbocycles. The SMILES string of the molecule is Cc1ccccc1-n1c(S[C@@H](C)c2ccccc2)nnc1-c1ccncc1. The number of aromatic nitrogens is 4. The molecule has 1 atom stereocenters. The third-order valence-electron chi connectivity index (χ3n) is 4.48. The lowest BCUT2D eigenvalue weighted by molar-refractivity contribution is 0.873. The van der Waals surface area contributed by atoms with Crippen molar-refractivity contribution in [1.29, 1.82) is 0 Å². The molecule has 0 aliphatic heterocycles. The van der Waals surface area contributed by atoms with Crippen LogP contribution in [0.5, 0.6) is 0 Å². The molecule has 0 bridgehead atoms. The highest BCUT2D eigenvalue weighted by atomic mass is 32.2. The summed E-state index contributed by atoms with van der Waals surface area (Å²) in [5.41, 5.74) is 4.55. The molecule has 0 unspecified atom stereocenters. The van der Waals surface area contributed by atoms with E-state index in [0.717, 1.165) is 22.2 Å². The zero-order valence-electron chi connectivity index (χ0n) is 15.3. The van der Waals surface area contributed by atoms with E-state index in [1.54, 1.807) is 24.2 Å². The van der Waals surface area contributed by atoms with E-state index in [4.69, 9.17) is 0 Å². The van der Waals surface area contributed by atoms with Crippen molar-refractivity contribution in [2.75, 3.05) is 0 Å². The van der Waals surface area contributed by atoms with Gasteiger partial charge in [-0.05, 0) is 43.2 Å². The summed E-state index contributed by atoms with van der Waals surface area (Å²) in [6, 6.07) is 22.7. The van der Waals surface area contributed by atoms with E-state index in [9.17, 15) is 0 Å². The highest BCUT2D eigenvalue weighted by Gasteiger charge is 2.19. The van der Waals surface area contributed by atoms with Crippen molar-refractivity contribution in [3.8, 4) is 17.1 Å². The number of aryl methyl sites for hydroxylation is 1. The molecule has 134 valence electrons. The molecular weight excluding hydrogens is 352 g/mol. The van der Waals surface area contributed by atoms with Crippen LogP contribution in [0.1, 0.15) is 23.3 Å². The van der Waals surface area contributed by atoms with Crippen LogP contribution in [0.2, 0.25) is 0 Å². The molecule has 0 N–H and O–H groups in total. The lowest BCUT2D eigenvalue weighted by atomic mass is 10.2. The summed E-state index contributed by atoms with van der Waals surface area (Å²) in [7, 11) is 0. The first-order valence-electron chi connectivity index (χ1n) is 8.87. The maximum Gasteiger partial charge on any atom is 0.196 e. The summed E-state index contributed by atoms with van der Waals surface area (Å²) in [6.07, 6.45) is 3.57. The molecule has 2 heterocycles. The number of pyridine rings is 1. The van der Waals surface area contributed by atoms with Crippen molar-refractivity contribution >= 4 is 11.8 Å². The Bertz CT molecular complexity index is 1030. The van der Waals surface area contributed by atoms with Crippen LogP contribution in [0.15, 0.2) is 84.3 Å². The minimum absolute atomic E-state index is 0.267. The van der Waals surface area contributed by atoms with E-state index in [2.05, 4.69) is 76.1 Å². The lowest BCUT2D eigenvalue weighted by Gasteiger charge is -2.15. The van der Waals surface area contributed by atoms with Crippen molar-refractivity contribution < 1.29 is 0 Å². The molecule has 0 amide bonds. The van der Waals surface area contributed by atoms with Crippen molar-refractivity contribution in [2.24, 2.45) is 0 Å². The number of thioether (sulfide) groups is 1. The molecule has 0 radical (unpaired) electrons. The van der Waals surface area contributed by atoms with Crippen LogP contribution < -0.4 is 0 Å². The molecule has 4 nitrogen and oxygen atoms in total. The van der Waals surface area contributed by atoms with Gasteiger partial charge in [0.15, 0.2) is 11.0 Å². The number of hydrogen-bond donors (Lipinski definition) is 0. The van der Waals surface area contributed by atoms with Crippen LogP contribution in [-0.2, 0) is 0 Å². The van der Waals surface area contributed by atoms with Gasteiger partial charge in [-0.15, -0.1) is 10.2 Å². The quantitative estimate of drug-likeness (QED) is 0.434. The van der Waals surface area contributed by atoms with Gasteiger partial charge in [0.1, 0.15) is 0 Å². The summed E-state index contributed by atoms with van der Waals surface area (Å²) in [5.74, 6) is 0.828. The molecule has 2 aromatic heterocycles. The number of nitrogens with zero attached hydrogens (tertiary/aromatic N) is 4. The number of para-hydroxylation sites is 1. The second-order valence-corrected chi connectivity index (χ2v) is 7.64. The Morgan fingerprint density at radius 1 is 0.852 bits per heavy atom. The van der Waals surface area contributed by atoms with Gasteiger partial charge in [0.2, 0.25) is 0 Å². The van der Waals surface area contributed by atoms with Crippen molar-refractivity contribution in [3.05, 3.63) is 90.3 Å². The Morgan fingerprint density at radius 2 is 1.56 bits per heavy atom. The van der Waals surface area contributed by atoms with Gasteiger partial charge in [-0.3, -0.25) is 9.55 Å². The van der Waals surface area contributed by atoms with Crippen molar-refractivity contribution in [1.82, 2.24) is 19.7 Å². The van der Waals surface area contributed by atoms with Gasteiger partial charge in [-0.1, -0.05) is 60.3 Å². The molecule has 0 aliphatic rings. The molecule has 0 spiro atoms. The Morgan fingerprint density at radius 3 is 2.30 bits per heavy atom. The average Bonchev–Trinajstić information content (AvgIpc) is 3.13. The van der Waals surface area contributed by atoms with Gasteiger partial charge in [0, 0.05) is 23.2 Å². The van der Waals surface area contributed by atoms with Crippen LogP contribution in [0.4, 0.5) is 0 Å². The molecule has 2 aromatic carbocycles. The monoisotopic (exact) mass is 372 g/mol. The largest absolute Gasteiger partial charge is 0.270 e. The third kappa shape index (κ3) is 3.64. The first-order valence-corrected chi connectivity index (χ1v) is 9.75.